The zero-order chi connectivity index (χ0) is 20.1. The third-order valence-corrected chi connectivity index (χ3v) is 4.77. The molecular weight excluding hydrogens is 370 g/mol. The largest absolute Gasteiger partial charge is 0.383 e. The molecule has 1 saturated heterocycles. The van der Waals surface area contributed by atoms with Crippen LogP contribution in [0, 0.1) is 0 Å². The van der Waals surface area contributed by atoms with E-state index >= 15 is 0 Å². The maximum Gasteiger partial charge on any atom is 0.274 e. The van der Waals surface area contributed by atoms with Gasteiger partial charge in [0.05, 0.1) is 50.1 Å². The van der Waals surface area contributed by atoms with E-state index in [2.05, 4.69) is 15.1 Å². The van der Waals surface area contributed by atoms with Crippen molar-refractivity contribution in [1.29, 1.82) is 0 Å². The van der Waals surface area contributed by atoms with Crippen LogP contribution in [0.3, 0.4) is 0 Å². The fourth-order valence-corrected chi connectivity index (χ4v) is 3.20. The third-order valence-electron chi connectivity index (χ3n) is 4.77. The predicted octanol–water partition coefficient (Wildman–Crippen LogP) is 2.13. The van der Waals surface area contributed by atoms with Crippen molar-refractivity contribution in [3.8, 4) is 22.5 Å². The van der Waals surface area contributed by atoms with E-state index in [1.165, 1.54) is 6.20 Å². The van der Waals surface area contributed by atoms with Gasteiger partial charge in [-0.2, -0.15) is 5.10 Å². The molecular formula is C21H23N5O3. The number of hydrogen-bond donors (Lipinski definition) is 0. The van der Waals surface area contributed by atoms with Gasteiger partial charge in [-0.25, -0.2) is 4.98 Å². The van der Waals surface area contributed by atoms with Crippen molar-refractivity contribution in [1.82, 2.24) is 24.6 Å². The summed E-state index contributed by atoms with van der Waals surface area (Å²) >= 11 is 0. The zero-order valence-corrected chi connectivity index (χ0v) is 16.3. The summed E-state index contributed by atoms with van der Waals surface area (Å²) in [6.07, 6.45) is 5.12. The first-order valence-corrected chi connectivity index (χ1v) is 9.57. The van der Waals surface area contributed by atoms with Crippen molar-refractivity contribution in [2.75, 3.05) is 40.0 Å². The summed E-state index contributed by atoms with van der Waals surface area (Å²) in [4.78, 5) is 23.3. The highest BCUT2D eigenvalue weighted by molar-refractivity contribution is 5.92. The highest BCUT2D eigenvalue weighted by Gasteiger charge is 2.20. The number of benzene rings is 1. The van der Waals surface area contributed by atoms with E-state index in [1.807, 2.05) is 41.2 Å². The van der Waals surface area contributed by atoms with Gasteiger partial charge >= 0.3 is 0 Å². The molecule has 0 unspecified atom stereocenters. The molecule has 0 bridgehead atoms. The van der Waals surface area contributed by atoms with E-state index in [1.54, 1.807) is 18.2 Å². The van der Waals surface area contributed by atoms with Crippen LogP contribution >= 0.6 is 0 Å². The molecule has 8 nitrogen and oxygen atoms in total. The van der Waals surface area contributed by atoms with Crippen molar-refractivity contribution in [3.63, 3.8) is 0 Å². The summed E-state index contributed by atoms with van der Waals surface area (Å²) < 4.78 is 12.3. The Balaban J connectivity index is 1.56. The Labute approximate surface area is 169 Å². The van der Waals surface area contributed by atoms with Gasteiger partial charge in [0, 0.05) is 37.5 Å². The van der Waals surface area contributed by atoms with Gasteiger partial charge in [0.25, 0.3) is 5.91 Å². The SMILES string of the molecule is COCCn1ccc(-c2cccc(-c3cncc(C(=O)N4CCOCC4)n3)c2)n1. The number of rotatable bonds is 6. The van der Waals surface area contributed by atoms with Crippen molar-refractivity contribution in [2.24, 2.45) is 0 Å². The summed E-state index contributed by atoms with van der Waals surface area (Å²) in [7, 11) is 1.67. The van der Waals surface area contributed by atoms with Crippen molar-refractivity contribution in [3.05, 3.63) is 54.6 Å². The van der Waals surface area contributed by atoms with E-state index < -0.39 is 0 Å². The number of carbonyl (C=O) groups is 1. The van der Waals surface area contributed by atoms with Crippen LogP contribution < -0.4 is 0 Å². The van der Waals surface area contributed by atoms with Gasteiger partial charge in [-0.05, 0) is 12.1 Å². The lowest BCUT2D eigenvalue weighted by Crippen LogP contribution is -2.41. The molecule has 3 heterocycles. The van der Waals surface area contributed by atoms with Crippen molar-refractivity contribution < 1.29 is 14.3 Å². The van der Waals surface area contributed by atoms with Crippen LogP contribution in [0.2, 0.25) is 0 Å². The topological polar surface area (TPSA) is 82.4 Å². The Morgan fingerprint density at radius 1 is 1.14 bits per heavy atom. The number of carbonyl (C=O) groups excluding carboxylic acids is 1. The first-order valence-electron chi connectivity index (χ1n) is 9.57. The van der Waals surface area contributed by atoms with Crippen LogP contribution in [0.1, 0.15) is 10.5 Å². The number of hydrogen-bond acceptors (Lipinski definition) is 6. The quantitative estimate of drug-likeness (QED) is 0.638. The Bertz CT molecular complexity index is 982. The molecule has 0 atom stereocenters. The maximum absolute atomic E-state index is 12.7. The van der Waals surface area contributed by atoms with Gasteiger partial charge in [-0.1, -0.05) is 18.2 Å². The summed E-state index contributed by atoms with van der Waals surface area (Å²) in [5.74, 6) is -0.115. The highest BCUT2D eigenvalue weighted by atomic mass is 16.5. The molecule has 0 N–H and O–H groups in total. The van der Waals surface area contributed by atoms with Gasteiger partial charge in [-0.15, -0.1) is 0 Å². The van der Waals surface area contributed by atoms with Crippen molar-refractivity contribution in [2.45, 2.75) is 6.54 Å². The lowest BCUT2D eigenvalue weighted by Gasteiger charge is -2.26. The Kier molecular flexibility index (Phi) is 5.92. The molecule has 150 valence electrons. The van der Waals surface area contributed by atoms with Crippen LogP contribution in [0.15, 0.2) is 48.9 Å². The predicted molar refractivity (Wildman–Crippen MR) is 107 cm³/mol. The Morgan fingerprint density at radius 2 is 1.93 bits per heavy atom. The second-order valence-corrected chi connectivity index (χ2v) is 6.73. The number of methoxy groups -OCH3 is 1. The van der Waals surface area contributed by atoms with Crippen LogP contribution in [-0.2, 0) is 16.0 Å². The number of amides is 1. The number of aromatic nitrogens is 4. The van der Waals surface area contributed by atoms with Gasteiger partial charge < -0.3 is 14.4 Å². The molecule has 2 aromatic heterocycles. The minimum atomic E-state index is -0.115. The van der Waals surface area contributed by atoms with Crippen LogP contribution in [0.25, 0.3) is 22.5 Å². The molecule has 0 spiro atoms. The number of ether oxygens (including phenoxy) is 2. The van der Waals surface area contributed by atoms with Crippen LogP contribution in [0.5, 0.6) is 0 Å². The summed E-state index contributed by atoms with van der Waals surface area (Å²) in [5.41, 5.74) is 3.74. The molecule has 8 heteroatoms. The molecule has 1 aromatic carbocycles. The molecule has 1 amide bonds. The molecule has 0 saturated carbocycles. The van der Waals surface area contributed by atoms with Crippen LogP contribution in [0.4, 0.5) is 0 Å². The van der Waals surface area contributed by atoms with E-state index in [9.17, 15) is 4.79 Å². The minimum absolute atomic E-state index is 0.115. The molecule has 1 aliphatic rings. The first kappa shape index (κ1) is 19.2. The van der Waals surface area contributed by atoms with E-state index in [0.717, 1.165) is 16.8 Å². The molecule has 3 aromatic rings. The molecule has 4 rings (SSSR count). The highest BCUT2D eigenvalue weighted by Crippen LogP contribution is 2.24. The van der Waals surface area contributed by atoms with Gasteiger partial charge in [-0.3, -0.25) is 14.5 Å². The molecule has 1 aliphatic heterocycles. The van der Waals surface area contributed by atoms with E-state index in [-0.39, 0.29) is 5.91 Å². The number of morpholine rings is 1. The number of nitrogens with zero attached hydrogens (tertiary/aromatic N) is 5. The standard InChI is InChI=1S/C21H23N5O3/c1-28-10-9-26-6-5-18(24-26)16-3-2-4-17(13-16)19-14-22-15-20(23-19)21(27)25-7-11-29-12-8-25/h2-6,13-15H,7-12H2,1H3. The normalized spacial score (nSPS) is 14.2. The monoisotopic (exact) mass is 393 g/mol. The average Bonchev–Trinajstić information content (AvgIpc) is 3.27. The summed E-state index contributed by atoms with van der Waals surface area (Å²) in [6, 6.07) is 9.90. The Morgan fingerprint density at radius 3 is 2.72 bits per heavy atom. The van der Waals surface area contributed by atoms with Crippen molar-refractivity contribution >= 4 is 5.91 Å². The molecule has 0 aliphatic carbocycles. The van der Waals surface area contributed by atoms with E-state index in [4.69, 9.17) is 9.47 Å². The lowest BCUT2D eigenvalue weighted by molar-refractivity contribution is 0.0299. The second-order valence-electron chi connectivity index (χ2n) is 6.73. The van der Waals surface area contributed by atoms with Gasteiger partial charge in [0.2, 0.25) is 0 Å². The summed E-state index contributed by atoms with van der Waals surface area (Å²) in [5, 5.41) is 4.59. The Hall–Kier alpha value is -3.10. The minimum Gasteiger partial charge on any atom is -0.383 e. The van der Waals surface area contributed by atoms with Gasteiger partial charge in [0.15, 0.2) is 0 Å². The molecule has 1 fully saturated rings. The zero-order valence-electron chi connectivity index (χ0n) is 16.3. The average molecular weight is 393 g/mol. The lowest BCUT2D eigenvalue weighted by atomic mass is 10.1. The fraction of sp³-hybridized carbons (Fsp3) is 0.333. The second kappa shape index (κ2) is 8.93. The maximum atomic E-state index is 12.7. The molecule has 29 heavy (non-hydrogen) atoms. The smallest absolute Gasteiger partial charge is 0.274 e. The first-order chi connectivity index (χ1) is 14.2. The fourth-order valence-electron chi connectivity index (χ4n) is 3.20. The molecule has 0 radical (unpaired) electrons. The third kappa shape index (κ3) is 4.49. The van der Waals surface area contributed by atoms with E-state index in [0.29, 0.717) is 50.8 Å². The summed E-state index contributed by atoms with van der Waals surface area (Å²) in [6.45, 7) is 3.57. The van der Waals surface area contributed by atoms with Crippen LogP contribution in [-0.4, -0.2) is 70.6 Å². The van der Waals surface area contributed by atoms with Gasteiger partial charge in [0.1, 0.15) is 5.69 Å².